The lowest BCUT2D eigenvalue weighted by atomic mass is 9.99. The Morgan fingerprint density at radius 2 is 1.93 bits per heavy atom. The second-order valence-corrected chi connectivity index (χ2v) is 6.85. The van der Waals surface area contributed by atoms with Gasteiger partial charge in [-0.25, -0.2) is 4.79 Å². The number of aliphatic carboxylic acids is 1. The summed E-state index contributed by atoms with van der Waals surface area (Å²) in [5.41, 5.74) is 1.87. The molecule has 0 fully saturated rings. The van der Waals surface area contributed by atoms with Gasteiger partial charge < -0.3 is 18.7 Å². The third kappa shape index (κ3) is 3.13. The molecular weight excluding hydrogens is 360 g/mol. The summed E-state index contributed by atoms with van der Waals surface area (Å²) in [5.74, 6) is -0.211. The average Bonchev–Trinajstić information content (AvgIpc) is 3.09. The van der Waals surface area contributed by atoms with Crippen molar-refractivity contribution in [3.8, 4) is 17.1 Å². The summed E-state index contributed by atoms with van der Waals surface area (Å²) in [7, 11) is 0. The Kier molecular flexibility index (Phi) is 4.39. The summed E-state index contributed by atoms with van der Waals surface area (Å²) >= 11 is 0. The lowest BCUT2D eigenvalue weighted by molar-refractivity contribution is -0.139. The summed E-state index contributed by atoms with van der Waals surface area (Å²) in [4.78, 5) is 23.9. The fourth-order valence-electron chi connectivity index (χ4n) is 3.17. The summed E-state index contributed by atoms with van der Waals surface area (Å²) in [6.07, 6.45) is 1.36. The molecule has 0 amide bonds. The van der Waals surface area contributed by atoms with E-state index in [1.165, 1.54) is 6.26 Å². The molecule has 2 aromatic heterocycles. The molecule has 2 aromatic carbocycles. The Bertz CT molecular complexity index is 1210. The number of hydrogen-bond donors (Lipinski definition) is 1. The minimum atomic E-state index is -1.07. The molecule has 0 spiro atoms. The maximum absolute atomic E-state index is 13.1. The SMILES string of the molecule is CC(C)c1cc2c(=O)c(-c3cc4ccccc4o3)coc2cc1OCC(=O)O. The molecule has 28 heavy (non-hydrogen) atoms. The monoisotopic (exact) mass is 378 g/mol. The van der Waals surface area contributed by atoms with Crippen molar-refractivity contribution < 1.29 is 23.5 Å². The molecule has 0 aliphatic heterocycles. The summed E-state index contributed by atoms with van der Waals surface area (Å²) < 4.78 is 16.9. The third-order valence-corrected chi connectivity index (χ3v) is 4.57. The van der Waals surface area contributed by atoms with Crippen LogP contribution in [0.2, 0.25) is 0 Å². The minimum absolute atomic E-state index is 0.0300. The number of hydrogen-bond acceptors (Lipinski definition) is 5. The molecule has 0 unspecified atom stereocenters. The van der Waals surface area contributed by atoms with Gasteiger partial charge in [0.1, 0.15) is 34.5 Å². The summed E-state index contributed by atoms with van der Waals surface area (Å²) in [5, 5.41) is 10.2. The number of carbonyl (C=O) groups is 1. The van der Waals surface area contributed by atoms with Crippen LogP contribution in [0.5, 0.6) is 5.75 Å². The van der Waals surface area contributed by atoms with Gasteiger partial charge in [-0.05, 0) is 29.7 Å². The van der Waals surface area contributed by atoms with E-state index in [4.69, 9.17) is 18.7 Å². The summed E-state index contributed by atoms with van der Waals surface area (Å²) in [6, 6.07) is 12.6. The van der Waals surface area contributed by atoms with Crippen LogP contribution < -0.4 is 10.2 Å². The van der Waals surface area contributed by atoms with Crippen LogP contribution in [0.3, 0.4) is 0 Å². The fraction of sp³-hybridized carbons (Fsp3) is 0.182. The van der Waals surface area contributed by atoms with Crippen LogP contribution in [0.4, 0.5) is 0 Å². The highest BCUT2D eigenvalue weighted by molar-refractivity contribution is 5.86. The predicted octanol–water partition coefficient (Wildman–Crippen LogP) is 4.79. The van der Waals surface area contributed by atoms with E-state index < -0.39 is 12.6 Å². The first-order chi connectivity index (χ1) is 13.4. The van der Waals surface area contributed by atoms with Gasteiger partial charge in [-0.2, -0.15) is 0 Å². The van der Waals surface area contributed by atoms with E-state index in [1.807, 2.05) is 38.1 Å². The van der Waals surface area contributed by atoms with Crippen LogP contribution in [0.1, 0.15) is 25.3 Å². The van der Waals surface area contributed by atoms with Gasteiger partial charge in [-0.15, -0.1) is 0 Å². The third-order valence-electron chi connectivity index (χ3n) is 4.57. The Hall–Kier alpha value is -3.54. The summed E-state index contributed by atoms with van der Waals surface area (Å²) in [6.45, 7) is 3.42. The smallest absolute Gasteiger partial charge is 0.341 e. The lowest BCUT2D eigenvalue weighted by Crippen LogP contribution is -2.12. The number of carboxylic acids is 1. The van der Waals surface area contributed by atoms with Crippen LogP contribution in [0, 0.1) is 0 Å². The highest BCUT2D eigenvalue weighted by Gasteiger charge is 2.18. The van der Waals surface area contributed by atoms with Gasteiger partial charge in [0.2, 0.25) is 5.43 Å². The topological polar surface area (TPSA) is 89.9 Å². The van der Waals surface area contributed by atoms with Crippen molar-refractivity contribution in [3.63, 3.8) is 0 Å². The number of ether oxygens (including phenoxy) is 1. The van der Waals surface area contributed by atoms with Crippen molar-refractivity contribution in [2.75, 3.05) is 6.61 Å². The van der Waals surface area contributed by atoms with Crippen molar-refractivity contribution >= 4 is 27.9 Å². The lowest BCUT2D eigenvalue weighted by Gasteiger charge is -2.14. The first-order valence-electron chi connectivity index (χ1n) is 8.87. The Morgan fingerprint density at radius 3 is 2.64 bits per heavy atom. The van der Waals surface area contributed by atoms with Gasteiger partial charge in [0.05, 0.1) is 5.39 Å². The van der Waals surface area contributed by atoms with Gasteiger partial charge in [-0.3, -0.25) is 4.79 Å². The minimum Gasteiger partial charge on any atom is -0.481 e. The highest BCUT2D eigenvalue weighted by atomic mass is 16.5. The van der Waals surface area contributed by atoms with Crippen molar-refractivity contribution in [1.82, 2.24) is 0 Å². The van der Waals surface area contributed by atoms with E-state index >= 15 is 0 Å². The number of furan rings is 1. The zero-order chi connectivity index (χ0) is 19.8. The number of carboxylic acid groups (broad SMARTS) is 1. The zero-order valence-corrected chi connectivity index (χ0v) is 15.4. The molecule has 0 radical (unpaired) electrons. The maximum atomic E-state index is 13.1. The molecule has 142 valence electrons. The maximum Gasteiger partial charge on any atom is 0.341 e. The van der Waals surface area contributed by atoms with Crippen molar-refractivity contribution in [2.45, 2.75) is 19.8 Å². The molecule has 4 rings (SSSR count). The molecule has 6 nitrogen and oxygen atoms in total. The second-order valence-electron chi connectivity index (χ2n) is 6.85. The van der Waals surface area contributed by atoms with Crippen molar-refractivity contribution in [2.24, 2.45) is 0 Å². The Morgan fingerprint density at radius 1 is 1.14 bits per heavy atom. The van der Waals surface area contributed by atoms with E-state index in [1.54, 1.807) is 18.2 Å². The zero-order valence-electron chi connectivity index (χ0n) is 15.4. The van der Waals surface area contributed by atoms with Crippen LogP contribution >= 0.6 is 0 Å². The van der Waals surface area contributed by atoms with Gasteiger partial charge in [0, 0.05) is 11.5 Å². The Labute approximate surface area is 160 Å². The van der Waals surface area contributed by atoms with E-state index in [2.05, 4.69) is 0 Å². The van der Waals surface area contributed by atoms with Crippen LogP contribution in [0.15, 0.2) is 62.4 Å². The first kappa shape index (κ1) is 17.9. The van der Waals surface area contributed by atoms with Gasteiger partial charge in [0.15, 0.2) is 6.61 Å². The standard InChI is InChI=1S/C22H18O6/c1-12(2)14-8-15-19(9-18(14)27-11-21(23)24)26-10-16(22(15)25)20-7-13-5-3-4-6-17(13)28-20/h3-10,12H,11H2,1-2H3,(H,23,24). The van der Waals surface area contributed by atoms with Gasteiger partial charge in [0.25, 0.3) is 0 Å². The number of rotatable bonds is 5. The molecule has 0 bridgehead atoms. The Balaban J connectivity index is 1.87. The van der Waals surface area contributed by atoms with Crippen LogP contribution in [0.25, 0.3) is 33.3 Å². The van der Waals surface area contributed by atoms with Crippen LogP contribution in [-0.4, -0.2) is 17.7 Å². The fourth-order valence-corrected chi connectivity index (χ4v) is 3.17. The molecule has 0 aliphatic rings. The number of benzene rings is 2. The molecule has 0 aliphatic carbocycles. The quantitative estimate of drug-likeness (QED) is 0.537. The van der Waals surface area contributed by atoms with Gasteiger partial charge >= 0.3 is 5.97 Å². The number of fused-ring (bicyclic) bond motifs is 2. The van der Waals surface area contributed by atoms with E-state index in [0.29, 0.717) is 33.6 Å². The first-order valence-corrected chi connectivity index (χ1v) is 8.87. The van der Waals surface area contributed by atoms with Crippen molar-refractivity contribution in [3.05, 3.63) is 64.5 Å². The molecule has 4 aromatic rings. The highest BCUT2D eigenvalue weighted by Crippen LogP contribution is 2.32. The van der Waals surface area contributed by atoms with E-state index in [9.17, 15) is 9.59 Å². The molecule has 6 heteroatoms. The van der Waals surface area contributed by atoms with Crippen molar-refractivity contribution in [1.29, 1.82) is 0 Å². The van der Waals surface area contributed by atoms with E-state index in [-0.39, 0.29) is 11.3 Å². The van der Waals surface area contributed by atoms with Gasteiger partial charge in [-0.1, -0.05) is 32.0 Å². The molecule has 0 atom stereocenters. The molecule has 1 N–H and O–H groups in total. The van der Waals surface area contributed by atoms with E-state index in [0.717, 1.165) is 10.9 Å². The van der Waals surface area contributed by atoms with Crippen LogP contribution in [-0.2, 0) is 4.79 Å². The number of para-hydroxylation sites is 1. The average molecular weight is 378 g/mol. The largest absolute Gasteiger partial charge is 0.481 e. The molecule has 2 heterocycles. The molecule has 0 saturated heterocycles. The predicted molar refractivity (Wildman–Crippen MR) is 105 cm³/mol. The molecule has 0 saturated carbocycles. The normalized spacial score (nSPS) is 11.4. The molecular formula is C22H18O6. The second kappa shape index (κ2) is 6.88.